The zero-order chi connectivity index (χ0) is 15.2. The van der Waals surface area contributed by atoms with E-state index >= 15 is 0 Å². The number of nitrogens with one attached hydrogen (secondary N) is 1. The fraction of sp³-hybridized carbons (Fsp3) is 0.800. The van der Waals surface area contributed by atoms with Crippen molar-refractivity contribution < 1.29 is 9.53 Å². The van der Waals surface area contributed by atoms with E-state index in [1.807, 2.05) is 11.8 Å². The Morgan fingerprint density at radius 2 is 2.10 bits per heavy atom. The third kappa shape index (κ3) is 4.60. The van der Waals surface area contributed by atoms with Gasteiger partial charge in [-0.15, -0.1) is 6.42 Å². The van der Waals surface area contributed by atoms with Gasteiger partial charge in [0.25, 0.3) is 0 Å². The predicted molar refractivity (Wildman–Crippen MR) is 82.1 cm³/mol. The zero-order valence-corrected chi connectivity index (χ0v) is 13.0. The topological polar surface area (TPSA) is 48.0 Å². The van der Waals surface area contributed by atoms with Gasteiger partial charge in [-0.25, -0.2) is 4.79 Å². The molecule has 1 N–H and O–H groups in total. The average Bonchev–Trinajstić information content (AvgIpc) is 2.48. The van der Waals surface area contributed by atoms with Crippen LogP contribution in [0.1, 0.15) is 6.92 Å². The Morgan fingerprint density at radius 3 is 2.71 bits per heavy atom. The fourth-order valence-electron chi connectivity index (χ4n) is 2.73. The first kappa shape index (κ1) is 16.1. The number of piperazine rings is 1. The molecule has 6 nitrogen and oxygen atoms in total. The smallest absolute Gasteiger partial charge is 0.317 e. The zero-order valence-electron chi connectivity index (χ0n) is 13.0. The fourth-order valence-corrected chi connectivity index (χ4v) is 2.73. The highest BCUT2D eigenvalue weighted by molar-refractivity contribution is 5.74. The number of carbonyl (C=O) groups excluding carboxylic acids is 1. The molecule has 0 aromatic carbocycles. The summed E-state index contributed by atoms with van der Waals surface area (Å²) in [6.07, 6.45) is 5.38. The number of terminal acetylenes is 1. The van der Waals surface area contributed by atoms with Gasteiger partial charge in [0, 0.05) is 39.3 Å². The van der Waals surface area contributed by atoms with Crippen LogP contribution >= 0.6 is 0 Å². The number of carbonyl (C=O) groups is 1. The van der Waals surface area contributed by atoms with E-state index in [0.717, 1.165) is 45.9 Å². The lowest BCUT2D eigenvalue weighted by atomic mass is 10.1. The lowest BCUT2D eigenvalue weighted by Crippen LogP contribution is -2.57. The van der Waals surface area contributed by atoms with Crippen molar-refractivity contribution in [1.29, 1.82) is 0 Å². The highest BCUT2D eigenvalue weighted by Crippen LogP contribution is 2.08. The molecule has 6 heteroatoms. The van der Waals surface area contributed by atoms with Gasteiger partial charge in [0.15, 0.2) is 0 Å². The molecule has 0 aromatic heterocycles. The van der Waals surface area contributed by atoms with Crippen molar-refractivity contribution in [2.75, 3.05) is 59.5 Å². The van der Waals surface area contributed by atoms with E-state index in [-0.39, 0.29) is 18.2 Å². The number of hydrogen-bond donors (Lipinski definition) is 1. The SMILES string of the molecule is C#CCN1CCN(C(=O)N[C@H](C)[C@@H]2CN(C)CCO2)CC1. The number of ether oxygens (including phenoxy) is 1. The summed E-state index contributed by atoms with van der Waals surface area (Å²) in [4.78, 5) is 18.6. The number of morpholine rings is 1. The van der Waals surface area contributed by atoms with Crippen LogP contribution in [0.4, 0.5) is 4.79 Å². The van der Waals surface area contributed by atoms with E-state index in [1.165, 1.54) is 0 Å². The van der Waals surface area contributed by atoms with Crippen molar-refractivity contribution in [2.24, 2.45) is 0 Å². The van der Waals surface area contributed by atoms with Gasteiger partial charge >= 0.3 is 6.03 Å². The average molecular weight is 294 g/mol. The molecule has 2 aliphatic rings. The molecular weight excluding hydrogens is 268 g/mol. The van der Waals surface area contributed by atoms with Crippen LogP contribution in [0.15, 0.2) is 0 Å². The first-order chi connectivity index (χ1) is 10.1. The van der Waals surface area contributed by atoms with Gasteiger partial charge < -0.3 is 19.9 Å². The summed E-state index contributed by atoms with van der Waals surface area (Å²) >= 11 is 0. The Hall–Kier alpha value is -1.29. The summed E-state index contributed by atoms with van der Waals surface area (Å²) in [7, 11) is 2.08. The molecule has 0 radical (unpaired) electrons. The predicted octanol–water partition coefficient (Wildman–Crippen LogP) is -0.334. The molecule has 0 aromatic rings. The highest BCUT2D eigenvalue weighted by Gasteiger charge is 2.27. The Kier molecular flexibility index (Phi) is 5.85. The van der Waals surface area contributed by atoms with Gasteiger partial charge in [-0.3, -0.25) is 4.90 Å². The quantitative estimate of drug-likeness (QED) is 0.724. The van der Waals surface area contributed by atoms with Crippen LogP contribution in [0.5, 0.6) is 0 Å². The van der Waals surface area contributed by atoms with Gasteiger partial charge in [0.2, 0.25) is 0 Å². The molecule has 2 saturated heterocycles. The maximum absolute atomic E-state index is 12.3. The summed E-state index contributed by atoms with van der Waals surface area (Å²) in [6.45, 7) is 8.35. The van der Waals surface area contributed by atoms with E-state index in [4.69, 9.17) is 11.2 Å². The normalized spacial score (nSPS) is 26.1. The maximum Gasteiger partial charge on any atom is 0.317 e. The third-order valence-corrected chi connectivity index (χ3v) is 4.18. The van der Waals surface area contributed by atoms with Crippen LogP contribution < -0.4 is 5.32 Å². The molecule has 0 spiro atoms. The van der Waals surface area contributed by atoms with Gasteiger partial charge in [-0.05, 0) is 14.0 Å². The van der Waals surface area contributed by atoms with Crippen LogP contribution in [0, 0.1) is 12.3 Å². The Balaban J connectivity index is 1.75. The van der Waals surface area contributed by atoms with Crippen molar-refractivity contribution >= 4 is 6.03 Å². The second kappa shape index (κ2) is 7.64. The third-order valence-electron chi connectivity index (χ3n) is 4.18. The van der Waals surface area contributed by atoms with Gasteiger partial charge in [-0.1, -0.05) is 5.92 Å². The molecule has 0 saturated carbocycles. The van der Waals surface area contributed by atoms with Crippen molar-refractivity contribution in [3.63, 3.8) is 0 Å². The standard InChI is InChI=1S/C15H26N4O2/c1-4-5-18-6-8-19(9-7-18)15(20)16-13(2)14-12-17(3)10-11-21-14/h1,13-14H,5-12H2,2-3H3,(H,16,20)/t13-,14+/m1/s1. The van der Waals surface area contributed by atoms with Crippen molar-refractivity contribution in [3.05, 3.63) is 0 Å². The molecule has 2 fully saturated rings. The molecule has 0 bridgehead atoms. The Bertz CT molecular complexity index is 388. The van der Waals surface area contributed by atoms with E-state index in [0.29, 0.717) is 6.54 Å². The van der Waals surface area contributed by atoms with E-state index in [9.17, 15) is 4.79 Å². The summed E-state index contributed by atoms with van der Waals surface area (Å²) in [5.41, 5.74) is 0. The number of hydrogen-bond acceptors (Lipinski definition) is 4. The molecule has 2 rings (SSSR count). The molecule has 2 amide bonds. The van der Waals surface area contributed by atoms with Crippen molar-refractivity contribution in [3.8, 4) is 12.3 Å². The number of rotatable bonds is 3. The van der Waals surface area contributed by atoms with Crippen molar-refractivity contribution in [1.82, 2.24) is 20.0 Å². The largest absolute Gasteiger partial charge is 0.373 e. The summed E-state index contributed by atoms with van der Waals surface area (Å²) in [6, 6.07) is 0.0173. The number of likely N-dealkylation sites (N-methyl/N-ethyl adjacent to an activating group) is 1. The van der Waals surface area contributed by atoms with Crippen molar-refractivity contribution in [2.45, 2.75) is 19.1 Å². The number of urea groups is 1. The lowest BCUT2D eigenvalue weighted by molar-refractivity contribution is -0.0341. The second-order valence-corrected chi connectivity index (χ2v) is 5.88. The van der Waals surface area contributed by atoms with E-state index in [1.54, 1.807) is 0 Å². The summed E-state index contributed by atoms with van der Waals surface area (Å²) in [5.74, 6) is 2.65. The molecule has 118 valence electrons. The van der Waals surface area contributed by atoms with Gasteiger partial charge in [0.05, 0.1) is 25.3 Å². The van der Waals surface area contributed by atoms with Crippen LogP contribution in [0.2, 0.25) is 0 Å². The van der Waals surface area contributed by atoms with Crippen LogP contribution in [0.3, 0.4) is 0 Å². The molecular formula is C15H26N4O2. The summed E-state index contributed by atoms with van der Waals surface area (Å²) in [5, 5.41) is 3.06. The number of nitrogens with zero attached hydrogens (tertiary/aromatic N) is 3. The molecule has 2 aliphatic heterocycles. The second-order valence-electron chi connectivity index (χ2n) is 5.88. The van der Waals surface area contributed by atoms with E-state index < -0.39 is 0 Å². The first-order valence-electron chi connectivity index (χ1n) is 7.61. The number of amides is 2. The van der Waals surface area contributed by atoms with Crippen LogP contribution in [-0.4, -0.2) is 92.3 Å². The molecule has 2 atom stereocenters. The first-order valence-corrected chi connectivity index (χ1v) is 7.61. The molecule has 21 heavy (non-hydrogen) atoms. The van der Waals surface area contributed by atoms with Crippen LogP contribution in [-0.2, 0) is 4.74 Å². The maximum atomic E-state index is 12.3. The minimum absolute atomic E-state index is 0.000292. The molecule has 0 unspecified atom stereocenters. The minimum atomic E-state index is -0.000292. The van der Waals surface area contributed by atoms with E-state index in [2.05, 4.69) is 28.1 Å². The Labute approximate surface area is 127 Å². The highest BCUT2D eigenvalue weighted by atomic mass is 16.5. The molecule has 0 aliphatic carbocycles. The summed E-state index contributed by atoms with van der Waals surface area (Å²) < 4.78 is 5.74. The van der Waals surface area contributed by atoms with Gasteiger partial charge in [-0.2, -0.15) is 0 Å². The lowest BCUT2D eigenvalue weighted by Gasteiger charge is -2.37. The minimum Gasteiger partial charge on any atom is -0.373 e. The van der Waals surface area contributed by atoms with Gasteiger partial charge in [0.1, 0.15) is 0 Å². The Morgan fingerprint density at radius 1 is 1.38 bits per heavy atom. The molecule has 2 heterocycles. The monoisotopic (exact) mass is 294 g/mol. The van der Waals surface area contributed by atoms with Crippen LogP contribution in [0.25, 0.3) is 0 Å².